The Balaban J connectivity index is 1.90. The first-order chi connectivity index (χ1) is 7.88. The van der Waals surface area contributed by atoms with E-state index >= 15 is 0 Å². The topological polar surface area (TPSA) is 47.3 Å². The maximum Gasteiger partial charge on any atom is 0.174 e. The van der Waals surface area contributed by atoms with E-state index in [0.717, 1.165) is 18.1 Å². The number of ether oxygens (including phenoxy) is 1. The first-order valence-corrected chi connectivity index (χ1v) is 5.14. The zero-order valence-electron chi connectivity index (χ0n) is 9.14. The number of hydrogen-bond donors (Lipinski definition) is 1. The van der Waals surface area contributed by atoms with Crippen LogP contribution in [0.5, 0.6) is 5.75 Å². The summed E-state index contributed by atoms with van der Waals surface area (Å²) in [6, 6.07) is 9.75. The lowest BCUT2D eigenvalue weighted by molar-refractivity contribution is 0.249. The third-order valence-electron chi connectivity index (χ3n) is 2.18. The molecule has 2 rings (SSSR count). The molecule has 0 saturated carbocycles. The Kier molecular flexibility index (Phi) is 3.56. The second-order valence-electron chi connectivity index (χ2n) is 3.44. The standard InChI is InChI=1S/C12H14N2O2/c1-13-8-10-2-4-11(5-3-10)15-9-12-6-7-14-16-12/h2-7,13H,8-9H2,1H3. The molecule has 0 atom stereocenters. The number of hydrogen-bond acceptors (Lipinski definition) is 4. The van der Waals surface area contributed by atoms with Gasteiger partial charge in [-0.1, -0.05) is 17.3 Å². The van der Waals surface area contributed by atoms with E-state index in [1.54, 1.807) is 12.3 Å². The number of benzene rings is 1. The van der Waals surface area contributed by atoms with Crippen molar-refractivity contribution >= 4 is 0 Å². The summed E-state index contributed by atoms with van der Waals surface area (Å²) >= 11 is 0. The SMILES string of the molecule is CNCc1ccc(OCc2ccno2)cc1. The summed E-state index contributed by atoms with van der Waals surface area (Å²) in [6.07, 6.45) is 1.61. The van der Waals surface area contributed by atoms with Crippen molar-refractivity contribution in [3.8, 4) is 5.75 Å². The second kappa shape index (κ2) is 5.32. The van der Waals surface area contributed by atoms with Gasteiger partial charge in [-0.05, 0) is 24.7 Å². The zero-order valence-corrected chi connectivity index (χ0v) is 9.14. The van der Waals surface area contributed by atoms with Crippen molar-refractivity contribution in [3.63, 3.8) is 0 Å². The van der Waals surface area contributed by atoms with Gasteiger partial charge in [-0.3, -0.25) is 0 Å². The molecule has 1 aromatic carbocycles. The third kappa shape index (κ3) is 2.84. The highest BCUT2D eigenvalue weighted by atomic mass is 16.5. The second-order valence-corrected chi connectivity index (χ2v) is 3.44. The molecule has 0 radical (unpaired) electrons. The molecule has 0 aliphatic heterocycles. The fraction of sp³-hybridized carbons (Fsp3) is 0.250. The molecule has 0 spiro atoms. The minimum absolute atomic E-state index is 0.408. The highest BCUT2D eigenvalue weighted by molar-refractivity contribution is 5.27. The lowest BCUT2D eigenvalue weighted by atomic mass is 10.2. The van der Waals surface area contributed by atoms with Gasteiger partial charge >= 0.3 is 0 Å². The van der Waals surface area contributed by atoms with Gasteiger partial charge in [-0.15, -0.1) is 0 Å². The molecule has 0 aliphatic carbocycles. The fourth-order valence-electron chi connectivity index (χ4n) is 1.38. The number of nitrogens with one attached hydrogen (secondary N) is 1. The van der Waals surface area contributed by atoms with E-state index in [-0.39, 0.29) is 0 Å². The molecule has 0 bridgehead atoms. The number of nitrogens with zero attached hydrogens (tertiary/aromatic N) is 1. The zero-order chi connectivity index (χ0) is 11.2. The van der Waals surface area contributed by atoms with E-state index in [2.05, 4.69) is 10.5 Å². The maximum absolute atomic E-state index is 5.53. The molecular formula is C12H14N2O2. The van der Waals surface area contributed by atoms with Gasteiger partial charge in [0.1, 0.15) is 12.4 Å². The van der Waals surface area contributed by atoms with E-state index in [9.17, 15) is 0 Å². The Morgan fingerprint density at radius 2 is 2.06 bits per heavy atom. The first kappa shape index (κ1) is 10.7. The third-order valence-corrected chi connectivity index (χ3v) is 2.18. The van der Waals surface area contributed by atoms with Crippen LogP contribution in [0.2, 0.25) is 0 Å². The van der Waals surface area contributed by atoms with Crippen molar-refractivity contribution in [2.75, 3.05) is 7.05 Å². The van der Waals surface area contributed by atoms with Crippen LogP contribution in [0.3, 0.4) is 0 Å². The summed E-state index contributed by atoms with van der Waals surface area (Å²) in [6.45, 7) is 1.27. The largest absolute Gasteiger partial charge is 0.486 e. The Bertz CT molecular complexity index is 409. The first-order valence-electron chi connectivity index (χ1n) is 5.14. The van der Waals surface area contributed by atoms with E-state index in [1.165, 1.54) is 5.56 Å². The molecule has 4 nitrogen and oxygen atoms in total. The van der Waals surface area contributed by atoms with Crippen LogP contribution in [0.25, 0.3) is 0 Å². The summed E-state index contributed by atoms with van der Waals surface area (Å²) in [7, 11) is 1.92. The summed E-state index contributed by atoms with van der Waals surface area (Å²) < 4.78 is 10.5. The molecule has 0 amide bonds. The highest BCUT2D eigenvalue weighted by Crippen LogP contribution is 2.13. The van der Waals surface area contributed by atoms with Gasteiger partial charge in [0.15, 0.2) is 5.76 Å². The average molecular weight is 218 g/mol. The van der Waals surface area contributed by atoms with Crippen molar-refractivity contribution < 1.29 is 9.26 Å². The summed E-state index contributed by atoms with van der Waals surface area (Å²) in [5, 5.41) is 6.70. The molecular weight excluding hydrogens is 204 g/mol. The van der Waals surface area contributed by atoms with E-state index in [4.69, 9.17) is 9.26 Å². The van der Waals surface area contributed by atoms with Crippen LogP contribution < -0.4 is 10.1 Å². The molecule has 1 heterocycles. The normalized spacial score (nSPS) is 10.3. The van der Waals surface area contributed by atoms with Crippen LogP contribution in [-0.4, -0.2) is 12.2 Å². The lowest BCUT2D eigenvalue weighted by Gasteiger charge is -2.05. The van der Waals surface area contributed by atoms with E-state index < -0.39 is 0 Å². The maximum atomic E-state index is 5.53. The Morgan fingerprint density at radius 3 is 2.69 bits per heavy atom. The monoisotopic (exact) mass is 218 g/mol. The number of rotatable bonds is 5. The smallest absolute Gasteiger partial charge is 0.174 e. The van der Waals surface area contributed by atoms with Crippen molar-refractivity contribution in [3.05, 3.63) is 47.9 Å². The summed E-state index contributed by atoms with van der Waals surface area (Å²) in [4.78, 5) is 0. The molecule has 0 fully saturated rings. The molecule has 1 aromatic heterocycles. The molecule has 2 aromatic rings. The van der Waals surface area contributed by atoms with Crippen molar-refractivity contribution in [2.24, 2.45) is 0 Å². The van der Waals surface area contributed by atoms with Gasteiger partial charge < -0.3 is 14.6 Å². The van der Waals surface area contributed by atoms with Crippen molar-refractivity contribution in [1.29, 1.82) is 0 Å². The minimum atomic E-state index is 0.408. The molecule has 4 heteroatoms. The molecule has 1 N–H and O–H groups in total. The number of aromatic nitrogens is 1. The van der Waals surface area contributed by atoms with Gasteiger partial charge in [-0.25, -0.2) is 0 Å². The molecule has 0 aliphatic rings. The molecule has 0 saturated heterocycles. The van der Waals surface area contributed by atoms with Crippen LogP contribution in [-0.2, 0) is 13.2 Å². The summed E-state index contributed by atoms with van der Waals surface area (Å²) in [5.41, 5.74) is 1.23. The highest BCUT2D eigenvalue weighted by Gasteiger charge is 1.99. The Labute approximate surface area is 94.2 Å². The van der Waals surface area contributed by atoms with Crippen LogP contribution in [0, 0.1) is 0 Å². The van der Waals surface area contributed by atoms with Gasteiger partial charge in [0.2, 0.25) is 0 Å². The van der Waals surface area contributed by atoms with E-state index in [1.807, 2.05) is 31.3 Å². The molecule has 84 valence electrons. The predicted molar refractivity (Wildman–Crippen MR) is 60.0 cm³/mol. The van der Waals surface area contributed by atoms with Crippen LogP contribution in [0.1, 0.15) is 11.3 Å². The minimum Gasteiger partial charge on any atom is -0.486 e. The summed E-state index contributed by atoms with van der Waals surface area (Å²) in [5.74, 6) is 1.55. The van der Waals surface area contributed by atoms with Gasteiger partial charge in [0.25, 0.3) is 0 Å². The van der Waals surface area contributed by atoms with Crippen LogP contribution >= 0.6 is 0 Å². The Hall–Kier alpha value is -1.81. The predicted octanol–water partition coefficient (Wildman–Crippen LogP) is 1.97. The van der Waals surface area contributed by atoms with Gasteiger partial charge in [-0.2, -0.15) is 0 Å². The van der Waals surface area contributed by atoms with Gasteiger partial charge in [0, 0.05) is 12.6 Å². The molecule has 0 unspecified atom stereocenters. The fourth-order valence-corrected chi connectivity index (χ4v) is 1.38. The van der Waals surface area contributed by atoms with Gasteiger partial charge in [0.05, 0.1) is 6.20 Å². The quantitative estimate of drug-likeness (QED) is 0.833. The average Bonchev–Trinajstić information content (AvgIpc) is 2.82. The van der Waals surface area contributed by atoms with E-state index in [0.29, 0.717) is 6.61 Å². The Morgan fingerprint density at radius 1 is 1.25 bits per heavy atom. The van der Waals surface area contributed by atoms with Crippen molar-refractivity contribution in [2.45, 2.75) is 13.2 Å². The van der Waals surface area contributed by atoms with Crippen molar-refractivity contribution in [1.82, 2.24) is 10.5 Å². The van der Waals surface area contributed by atoms with Crippen LogP contribution in [0.4, 0.5) is 0 Å². The van der Waals surface area contributed by atoms with Crippen LogP contribution in [0.15, 0.2) is 41.1 Å². The molecule has 16 heavy (non-hydrogen) atoms. The lowest BCUT2D eigenvalue weighted by Crippen LogP contribution is -2.04.